The van der Waals surface area contributed by atoms with Gasteiger partial charge < -0.3 is 43.9 Å². The zero-order chi connectivity index (χ0) is 42.8. The number of ether oxygens (including phenoxy) is 4. The molecule has 5 aromatic rings. The number of amides is 2. The topological polar surface area (TPSA) is 164 Å². The van der Waals surface area contributed by atoms with E-state index in [4.69, 9.17) is 14.5 Å². The normalized spacial score (nSPS) is 11.4. The van der Waals surface area contributed by atoms with Crippen molar-refractivity contribution in [2.75, 3.05) is 48.0 Å². The van der Waals surface area contributed by atoms with E-state index < -0.39 is 11.7 Å². The number of aromatic amines is 2. The lowest BCUT2D eigenvalue weighted by Crippen LogP contribution is -2.37. The average molecular weight is 802 g/mol. The number of nitrogens with one attached hydrogen (secondary N) is 3. The van der Waals surface area contributed by atoms with Crippen LogP contribution >= 0.6 is 0 Å². The highest BCUT2D eigenvalue weighted by molar-refractivity contribution is 6.07. The second-order valence-corrected chi connectivity index (χ2v) is 14.9. The van der Waals surface area contributed by atoms with Gasteiger partial charge in [0.2, 0.25) is 0 Å². The van der Waals surface area contributed by atoms with E-state index >= 15 is 0 Å². The van der Waals surface area contributed by atoms with E-state index in [-0.39, 0.29) is 12.6 Å². The van der Waals surface area contributed by atoms with E-state index in [1.165, 1.54) is 19.1 Å². The molecule has 0 radical (unpaired) electrons. The molecular weight excluding hydrogens is 739 g/mol. The van der Waals surface area contributed by atoms with Crippen molar-refractivity contribution in [1.29, 1.82) is 0 Å². The van der Waals surface area contributed by atoms with Gasteiger partial charge in [-0.1, -0.05) is 52.3 Å². The Kier molecular flexibility index (Phi) is 18.7. The standard InChI is InChI=1S/C35H42N6O3.C4H7NO3.C3H8.C2H6O/c1-7-13-40(6)19-32-37-28-12-10-22-16-27-25-11-9-23(15-24(25)21-43-30(27)17-26(22)33(28)39-32)29-18-36-31(38-29)20-41(14-8-2)34(42)44-35(3,4)5;1-8-4(7)5-2-3-6;2*1-3-2/h9-12,15-18H,7-8,13-14,19-21H2,1-6H3,(H,36,38)(H,37,39);3H,2H2,1H3,(H,5,7);3H2,1-2H3;1-2H3. The molecule has 14 heteroatoms. The Morgan fingerprint density at radius 1 is 0.931 bits per heavy atom. The number of H-pyrrole nitrogens is 2. The van der Waals surface area contributed by atoms with Crippen LogP contribution in [0, 0.1) is 0 Å². The van der Waals surface area contributed by atoms with Crippen LogP contribution in [0.2, 0.25) is 0 Å². The molecule has 6 rings (SSSR count). The molecule has 1 aliphatic heterocycles. The van der Waals surface area contributed by atoms with Gasteiger partial charge in [-0.15, -0.1) is 0 Å². The third kappa shape index (κ3) is 13.6. The predicted molar refractivity (Wildman–Crippen MR) is 230 cm³/mol. The van der Waals surface area contributed by atoms with Crippen molar-refractivity contribution in [3.05, 3.63) is 65.9 Å². The summed E-state index contributed by atoms with van der Waals surface area (Å²) >= 11 is 0. The molecular formula is C44H63N7O7. The molecule has 3 aromatic carbocycles. The molecule has 0 fully saturated rings. The molecule has 0 unspecified atom stereocenters. The van der Waals surface area contributed by atoms with Crippen molar-refractivity contribution in [3.8, 4) is 28.1 Å². The molecule has 0 saturated carbocycles. The number of hydrogen-bond acceptors (Lipinski definition) is 10. The first kappa shape index (κ1) is 46.9. The Labute approximate surface area is 343 Å². The molecule has 0 aliphatic carbocycles. The van der Waals surface area contributed by atoms with Crippen molar-refractivity contribution in [3.63, 3.8) is 0 Å². The van der Waals surface area contributed by atoms with Crippen LogP contribution in [0.25, 0.3) is 44.2 Å². The summed E-state index contributed by atoms with van der Waals surface area (Å²) in [4.78, 5) is 52.8. The zero-order valence-electron chi connectivity index (χ0n) is 36.2. The SMILES string of the molecule is CCC.CCCN(C)Cc1nc2c(ccc3cc4c(cc32)OCc2cc(-c3cnc(CN(CCC)C(=O)OC(C)(C)C)[nH]3)ccc2-4)[nH]1.COC.COC(=O)NCC=O. The average Bonchev–Trinajstić information content (AvgIpc) is 3.83. The van der Waals surface area contributed by atoms with Crippen LogP contribution in [0.5, 0.6) is 5.75 Å². The Morgan fingerprint density at radius 3 is 2.28 bits per heavy atom. The number of benzene rings is 3. The van der Waals surface area contributed by atoms with E-state index in [0.717, 1.165) is 87.5 Å². The number of nitrogens with zero attached hydrogens (tertiary/aromatic N) is 4. The van der Waals surface area contributed by atoms with Crippen LogP contribution in [0.4, 0.5) is 9.59 Å². The van der Waals surface area contributed by atoms with Gasteiger partial charge in [-0.25, -0.2) is 19.6 Å². The van der Waals surface area contributed by atoms with E-state index in [0.29, 0.717) is 26.0 Å². The van der Waals surface area contributed by atoms with E-state index in [1.54, 1.807) is 19.1 Å². The maximum Gasteiger partial charge on any atom is 0.410 e. The number of aromatic nitrogens is 4. The van der Waals surface area contributed by atoms with Gasteiger partial charge >= 0.3 is 12.2 Å². The third-order valence-corrected chi connectivity index (χ3v) is 8.36. The minimum atomic E-state index is -0.586. The molecule has 58 heavy (non-hydrogen) atoms. The van der Waals surface area contributed by atoms with Gasteiger partial charge in [0.05, 0.1) is 49.7 Å². The van der Waals surface area contributed by atoms with E-state index in [1.807, 2.05) is 33.9 Å². The van der Waals surface area contributed by atoms with Gasteiger partial charge in [0.1, 0.15) is 35.9 Å². The molecule has 2 aromatic heterocycles. The molecule has 3 heterocycles. The van der Waals surface area contributed by atoms with Gasteiger partial charge in [0.25, 0.3) is 0 Å². The number of aldehydes is 1. The summed E-state index contributed by atoms with van der Waals surface area (Å²) in [7, 11) is 6.61. The number of fused-ring (bicyclic) bond motifs is 6. The van der Waals surface area contributed by atoms with Gasteiger partial charge in [-0.3, -0.25) is 4.90 Å². The van der Waals surface area contributed by atoms with Crippen LogP contribution in [0.15, 0.2) is 48.7 Å². The summed E-state index contributed by atoms with van der Waals surface area (Å²) in [5, 5.41) is 4.38. The molecule has 14 nitrogen and oxygen atoms in total. The second kappa shape index (κ2) is 23.1. The van der Waals surface area contributed by atoms with Crippen LogP contribution in [0.1, 0.15) is 84.9 Å². The largest absolute Gasteiger partial charge is 0.488 e. The molecule has 0 bridgehead atoms. The van der Waals surface area contributed by atoms with E-state index in [2.05, 4.69) is 105 Å². The highest BCUT2D eigenvalue weighted by Gasteiger charge is 2.24. The van der Waals surface area contributed by atoms with Gasteiger partial charge in [0, 0.05) is 31.7 Å². The lowest BCUT2D eigenvalue weighted by molar-refractivity contribution is -0.107. The number of rotatable bonds is 11. The number of carbonyl (C=O) groups excluding carboxylic acids is 3. The van der Waals surface area contributed by atoms with Gasteiger partial charge in [-0.2, -0.15) is 0 Å². The first-order chi connectivity index (χ1) is 27.7. The Morgan fingerprint density at radius 2 is 1.64 bits per heavy atom. The quantitative estimate of drug-likeness (QED) is 0.110. The summed E-state index contributed by atoms with van der Waals surface area (Å²) in [6.07, 6.45) is 4.68. The van der Waals surface area contributed by atoms with Gasteiger partial charge in [0.15, 0.2) is 0 Å². The second-order valence-electron chi connectivity index (χ2n) is 14.9. The highest BCUT2D eigenvalue weighted by atomic mass is 16.6. The Hall–Kier alpha value is -5.47. The molecule has 1 aliphatic rings. The van der Waals surface area contributed by atoms with Crippen LogP contribution in [-0.2, 0) is 38.7 Å². The molecule has 2 amide bonds. The third-order valence-electron chi connectivity index (χ3n) is 8.36. The molecule has 0 atom stereocenters. The molecule has 0 spiro atoms. The van der Waals surface area contributed by atoms with Crippen molar-refractivity contribution >= 4 is 40.3 Å². The van der Waals surface area contributed by atoms with Crippen molar-refractivity contribution < 1.29 is 33.3 Å². The fraction of sp³-hybridized carbons (Fsp3) is 0.477. The fourth-order valence-electron chi connectivity index (χ4n) is 6.10. The number of carbonyl (C=O) groups is 3. The van der Waals surface area contributed by atoms with Crippen LogP contribution < -0.4 is 10.1 Å². The lowest BCUT2D eigenvalue weighted by Gasteiger charge is -2.26. The minimum Gasteiger partial charge on any atom is -0.488 e. The van der Waals surface area contributed by atoms with Gasteiger partial charge in [-0.05, 0) is 93.5 Å². The molecule has 0 saturated heterocycles. The highest BCUT2D eigenvalue weighted by Crippen LogP contribution is 2.42. The molecule has 3 N–H and O–H groups in total. The number of methoxy groups -OCH3 is 2. The van der Waals surface area contributed by atoms with E-state index in [9.17, 15) is 14.4 Å². The smallest absolute Gasteiger partial charge is 0.410 e. The maximum atomic E-state index is 12.7. The van der Waals surface area contributed by atoms with Crippen LogP contribution in [-0.4, -0.2) is 102 Å². The summed E-state index contributed by atoms with van der Waals surface area (Å²) in [6, 6.07) is 15.1. The number of alkyl carbamates (subject to hydrolysis) is 1. The summed E-state index contributed by atoms with van der Waals surface area (Å²) < 4.78 is 20.3. The monoisotopic (exact) mass is 801 g/mol. The predicted octanol–water partition coefficient (Wildman–Crippen LogP) is 8.87. The summed E-state index contributed by atoms with van der Waals surface area (Å²) in [5.41, 5.74) is 6.76. The zero-order valence-corrected chi connectivity index (χ0v) is 36.2. The lowest BCUT2D eigenvalue weighted by atomic mass is 9.92. The number of hydrogen-bond donors (Lipinski definition) is 3. The summed E-state index contributed by atoms with van der Waals surface area (Å²) in [6.45, 7) is 17.4. The summed E-state index contributed by atoms with van der Waals surface area (Å²) in [5.74, 6) is 2.57. The first-order valence-corrected chi connectivity index (χ1v) is 19.8. The molecule has 316 valence electrons. The Bertz CT molecular complexity index is 2070. The number of imidazole rings is 2. The minimum absolute atomic E-state index is 0.00662. The first-order valence-electron chi connectivity index (χ1n) is 19.8. The Balaban J connectivity index is 0.000000557. The van der Waals surface area contributed by atoms with Crippen molar-refractivity contribution in [2.45, 2.75) is 93.0 Å². The maximum absolute atomic E-state index is 12.7. The van der Waals surface area contributed by atoms with Crippen molar-refractivity contribution in [1.82, 2.24) is 35.1 Å². The van der Waals surface area contributed by atoms with Crippen molar-refractivity contribution in [2.24, 2.45) is 0 Å². The fourth-order valence-corrected chi connectivity index (χ4v) is 6.10. The van der Waals surface area contributed by atoms with Crippen LogP contribution in [0.3, 0.4) is 0 Å².